The number of carbonyl (C=O) groups is 1. The summed E-state index contributed by atoms with van der Waals surface area (Å²) in [7, 11) is 0. The minimum Gasteiger partial charge on any atom is -0.311 e. The Labute approximate surface area is 155 Å². The van der Waals surface area contributed by atoms with Crippen molar-refractivity contribution in [2.24, 2.45) is 0 Å². The van der Waals surface area contributed by atoms with Gasteiger partial charge in [0, 0.05) is 21.0 Å². The highest BCUT2D eigenvalue weighted by molar-refractivity contribution is 7.99. The molecule has 0 spiro atoms. The van der Waals surface area contributed by atoms with E-state index < -0.39 is 5.54 Å². The van der Waals surface area contributed by atoms with Gasteiger partial charge in [-0.15, -0.1) is 11.8 Å². The summed E-state index contributed by atoms with van der Waals surface area (Å²) < 4.78 is 0. The molecule has 0 N–H and O–H groups in total. The van der Waals surface area contributed by atoms with E-state index in [2.05, 4.69) is 24.3 Å². The van der Waals surface area contributed by atoms with Crippen molar-refractivity contribution in [3.05, 3.63) is 100 Å². The smallest absolute Gasteiger partial charge is 0.256 e. The second-order valence-corrected chi connectivity index (χ2v) is 7.69. The van der Waals surface area contributed by atoms with Crippen LogP contribution in [0.3, 0.4) is 0 Å². The molecule has 4 heteroatoms. The fraction of sp³-hybridized carbons (Fsp3) is 0.0952. The molecule has 1 unspecified atom stereocenters. The van der Waals surface area contributed by atoms with Crippen LogP contribution in [-0.2, 0) is 5.54 Å². The van der Waals surface area contributed by atoms with E-state index in [4.69, 9.17) is 11.6 Å². The largest absolute Gasteiger partial charge is 0.311 e. The number of rotatable bonds is 1. The third-order valence-electron chi connectivity index (χ3n) is 5.09. The number of fused-ring (bicyclic) bond motifs is 5. The highest BCUT2D eigenvalue weighted by atomic mass is 35.5. The van der Waals surface area contributed by atoms with Gasteiger partial charge in [-0.2, -0.15) is 0 Å². The Morgan fingerprint density at radius 3 is 2.36 bits per heavy atom. The van der Waals surface area contributed by atoms with Crippen LogP contribution in [0.5, 0.6) is 0 Å². The van der Waals surface area contributed by atoms with E-state index in [0.717, 1.165) is 22.3 Å². The third kappa shape index (κ3) is 1.91. The minimum absolute atomic E-state index is 0.0903. The maximum Gasteiger partial charge on any atom is 0.256 e. The van der Waals surface area contributed by atoms with Crippen molar-refractivity contribution in [2.45, 2.75) is 10.4 Å². The molecule has 2 nitrogen and oxygen atoms in total. The Balaban J connectivity index is 1.92. The van der Waals surface area contributed by atoms with Crippen LogP contribution in [0.4, 0.5) is 0 Å². The van der Waals surface area contributed by atoms with E-state index in [9.17, 15) is 4.79 Å². The molecule has 2 aliphatic rings. The first-order valence-electron chi connectivity index (χ1n) is 8.13. The number of hydrogen-bond acceptors (Lipinski definition) is 2. The monoisotopic (exact) mass is 363 g/mol. The lowest BCUT2D eigenvalue weighted by Crippen LogP contribution is -2.47. The minimum atomic E-state index is -0.583. The molecule has 0 saturated carbocycles. The summed E-state index contributed by atoms with van der Waals surface area (Å²) in [6.07, 6.45) is 0. The van der Waals surface area contributed by atoms with Crippen molar-refractivity contribution in [3.63, 3.8) is 0 Å². The second-order valence-electron chi connectivity index (χ2n) is 6.27. The zero-order valence-electron chi connectivity index (χ0n) is 13.3. The molecule has 2 heterocycles. The molecule has 3 aromatic rings. The number of hydrogen-bond donors (Lipinski definition) is 0. The Bertz CT molecular complexity index is 1000. The van der Waals surface area contributed by atoms with Crippen molar-refractivity contribution < 1.29 is 4.79 Å². The lowest BCUT2D eigenvalue weighted by molar-refractivity contribution is 0.0715. The van der Waals surface area contributed by atoms with Crippen LogP contribution < -0.4 is 0 Å². The molecule has 0 saturated heterocycles. The summed E-state index contributed by atoms with van der Waals surface area (Å²) in [5, 5.41) is 0.697. The van der Waals surface area contributed by atoms with Crippen molar-refractivity contribution in [1.82, 2.24) is 4.90 Å². The van der Waals surface area contributed by atoms with Gasteiger partial charge in [0.15, 0.2) is 0 Å². The lowest BCUT2D eigenvalue weighted by Gasteiger charge is -2.44. The summed E-state index contributed by atoms with van der Waals surface area (Å²) in [5.41, 5.74) is 3.49. The molecule has 2 aliphatic heterocycles. The zero-order chi connectivity index (χ0) is 17.0. The number of thioether (sulfide) groups is 1. The molecule has 3 aromatic carbocycles. The first-order chi connectivity index (χ1) is 12.2. The SMILES string of the molecule is O=C1c2ccccc2C2(c3ccc(Cl)cc3)c3ccccc3SCN12. The van der Waals surface area contributed by atoms with Gasteiger partial charge in [0.25, 0.3) is 5.91 Å². The highest BCUT2D eigenvalue weighted by Gasteiger charge is 2.54. The van der Waals surface area contributed by atoms with Gasteiger partial charge in [-0.1, -0.05) is 60.1 Å². The van der Waals surface area contributed by atoms with Gasteiger partial charge in [-0.25, -0.2) is 0 Å². The Morgan fingerprint density at radius 1 is 0.880 bits per heavy atom. The third-order valence-corrected chi connectivity index (χ3v) is 6.39. The molecule has 0 radical (unpaired) electrons. The molecule has 1 amide bonds. The van der Waals surface area contributed by atoms with Gasteiger partial charge in [-0.3, -0.25) is 4.79 Å². The maximum absolute atomic E-state index is 13.2. The topological polar surface area (TPSA) is 20.3 Å². The molecular formula is C21H14ClNOS. The summed E-state index contributed by atoms with van der Waals surface area (Å²) in [5.74, 6) is 0.722. The predicted octanol–water partition coefficient (Wildman–Crippen LogP) is 5.15. The fourth-order valence-corrected chi connectivity index (χ4v) is 5.31. The van der Waals surface area contributed by atoms with E-state index in [0.29, 0.717) is 10.9 Å². The van der Waals surface area contributed by atoms with Crippen LogP contribution in [0.25, 0.3) is 0 Å². The van der Waals surface area contributed by atoms with Crippen LogP contribution >= 0.6 is 23.4 Å². The highest BCUT2D eigenvalue weighted by Crippen LogP contribution is 2.54. The van der Waals surface area contributed by atoms with Gasteiger partial charge in [0.05, 0.1) is 5.88 Å². The number of halogens is 1. The molecule has 5 rings (SSSR count). The van der Waals surface area contributed by atoms with E-state index in [1.165, 1.54) is 4.90 Å². The van der Waals surface area contributed by atoms with E-state index in [-0.39, 0.29) is 5.91 Å². The van der Waals surface area contributed by atoms with Gasteiger partial charge in [0.1, 0.15) is 5.54 Å². The number of carbonyl (C=O) groups excluding carboxylic acids is 1. The molecular weight excluding hydrogens is 350 g/mol. The summed E-state index contributed by atoms with van der Waals surface area (Å²) in [4.78, 5) is 16.4. The zero-order valence-corrected chi connectivity index (χ0v) is 14.8. The normalized spacial score (nSPS) is 20.8. The van der Waals surface area contributed by atoms with Crippen molar-refractivity contribution >= 4 is 29.3 Å². The van der Waals surface area contributed by atoms with Crippen LogP contribution in [0, 0.1) is 0 Å². The van der Waals surface area contributed by atoms with Crippen LogP contribution in [0.2, 0.25) is 5.02 Å². The summed E-state index contributed by atoms with van der Waals surface area (Å²) in [6.45, 7) is 0. The number of nitrogens with zero attached hydrogens (tertiary/aromatic N) is 1. The molecule has 0 bridgehead atoms. The van der Waals surface area contributed by atoms with Crippen molar-refractivity contribution in [2.75, 3.05) is 5.88 Å². The number of amides is 1. The van der Waals surface area contributed by atoms with Gasteiger partial charge < -0.3 is 4.90 Å². The molecule has 122 valence electrons. The van der Waals surface area contributed by atoms with E-state index >= 15 is 0 Å². The summed E-state index contributed by atoms with van der Waals surface area (Å²) in [6, 6.07) is 24.2. The Morgan fingerprint density at radius 2 is 1.56 bits per heavy atom. The fourth-order valence-electron chi connectivity index (χ4n) is 4.06. The molecule has 0 aliphatic carbocycles. The standard InChI is InChI=1S/C21H14ClNOS/c22-15-11-9-14(10-12-15)21-17-6-2-1-5-16(17)20(24)23(21)13-25-19-8-4-3-7-18(19)21/h1-12H,13H2. The quantitative estimate of drug-likeness (QED) is 0.595. The average molecular weight is 364 g/mol. The number of benzene rings is 3. The van der Waals surface area contributed by atoms with Gasteiger partial charge in [0.2, 0.25) is 0 Å². The van der Waals surface area contributed by atoms with Crippen molar-refractivity contribution in [3.8, 4) is 0 Å². The van der Waals surface area contributed by atoms with Gasteiger partial charge in [-0.05, 0) is 35.4 Å². The summed E-state index contributed by atoms with van der Waals surface area (Å²) >= 11 is 7.85. The molecule has 0 aromatic heterocycles. The van der Waals surface area contributed by atoms with Crippen LogP contribution in [0.15, 0.2) is 77.7 Å². The van der Waals surface area contributed by atoms with Crippen LogP contribution in [-0.4, -0.2) is 16.7 Å². The Hall–Kier alpha value is -2.23. The van der Waals surface area contributed by atoms with E-state index in [1.54, 1.807) is 11.8 Å². The first-order valence-corrected chi connectivity index (χ1v) is 9.49. The van der Waals surface area contributed by atoms with Crippen LogP contribution in [0.1, 0.15) is 27.0 Å². The molecule has 1 atom stereocenters. The van der Waals surface area contributed by atoms with Crippen molar-refractivity contribution in [1.29, 1.82) is 0 Å². The lowest BCUT2D eigenvalue weighted by atomic mass is 9.77. The second kappa shape index (κ2) is 5.38. The molecule has 0 fully saturated rings. The Kier molecular flexibility index (Phi) is 3.24. The van der Waals surface area contributed by atoms with E-state index in [1.807, 2.05) is 53.4 Å². The predicted molar refractivity (Wildman–Crippen MR) is 101 cm³/mol. The molecule has 25 heavy (non-hydrogen) atoms. The maximum atomic E-state index is 13.2. The first kappa shape index (κ1) is 15.1. The van der Waals surface area contributed by atoms with Gasteiger partial charge >= 0.3 is 0 Å². The average Bonchev–Trinajstić information content (AvgIpc) is 2.93.